The van der Waals surface area contributed by atoms with Crippen LogP contribution in [0.3, 0.4) is 0 Å². The van der Waals surface area contributed by atoms with Crippen LogP contribution in [-0.2, 0) is 9.59 Å². The highest BCUT2D eigenvalue weighted by Gasteiger charge is 2.21. The number of hydrogen-bond donors (Lipinski definition) is 2. The fourth-order valence-electron chi connectivity index (χ4n) is 2.81. The van der Waals surface area contributed by atoms with E-state index >= 15 is 0 Å². The lowest BCUT2D eigenvalue weighted by molar-refractivity contribution is -0.117. The summed E-state index contributed by atoms with van der Waals surface area (Å²) >= 11 is 0. The topological polar surface area (TPSA) is 61.4 Å². The summed E-state index contributed by atoms with van der Waals surface area (Å²) in [6.45, 7) is 2.35. The molecule has 2 N–H and O–H groups in total. The van der Waals surface area contributed by atoms with Gasteiger partial charge in [0, 0.05) is 30.4 Å². The molecule has 1 atom stereocenters. The maximum atomic E-state index is 13.6. The number of carbonyl (C=O) groups excluding carboxylic acids is 2. The number of amides is 2. The fraction of sp³-hybridized carbons (Fsp3) is 0.263. The SMILES string of the molecule is C[C@H](Nc1ccc(N2CCCC2=O)cc1)C(=O)Nc1ccc(F)cc1F. The summed E-state index contributed by atoms with van der Waals surface area (Å²) in [5.74, 6) is -1.87. The highest BCUT2D eigenvalue weighted by Crippen LogP contribution is 2.23. The quantitative estimate of drug-likeness (QED) is 0.859. The number of nitrogens with zero attached hydrogens (tertiary/aromatic N) is 1. The first-order valence-electron chi connectivity index (χ1n) is 8.37. The Hall–Kier alpha value is -2.96. The summed E-state index contributed by atoms with van der Waals surface area (Å²) in [5, 5.41) is 5.43. The minimum Gasteiger partial charge on any atom is -0.374 e. The number of carbonyl (C=O) groups is 2. The van der Waals surface area contributed by atoms with Crippen molar-refractivity contribution in [1.29, 1.82) is 0 Å². The molecule has 0 spiro atoms. The first-order valence-corrected chi connectivity index (χ1v) is 8.37. The summed E-state index contributed by atoms with van der Waals surface area (Å²) in [4.78, 5) is 25.7. The molecule has 0 aliphatic carbocycles. The molecule has 1 saturated heterocycles. The van der Waals surface area contributed by atoms with Gasteiger partial charge in [0.25, 0.3) is 0 Å². The van der Waals surface area contributed by atoms with Crippen molar-refractivity contribution in [3.05, 3.63) is 54.1 Å². The Morgan fingerprint density at radius 3 is 2.50 bits per heavy atom. The van der Waals surface area contributed by atoms with Crippen LogP contribution in [0.5, 0.6) is 0 Å². The molecule has 1 fully saturated rings. The molecule has 2 aromatic carbocycles. The number of halogens is 2. The van der Waals surface area contributed by atoms with E-state index < -0.39 is 23.6 Å². The average molecular weight is 359 g/mol. The second-order valence-corrected chi connectivity index (χ2v) is 6.18. The number of benzene rings is 2. The molecular weight excluding hydrogens is 340 g/mol. The predicted molar refractivity (Wildman–Crippen MR) is 96.1 cm³/mol. The van der Waals surface area contributed by atoms with Crippen molar-refractivity contribution in [3.8, 4) is 0 Å². The van der Waals surface area contributed by atoms with Crippen LogP contribution in [0, 0.1) is 11.6 Å². The molecule has 136 valence electrons. The second-order valence-electron chi connectivity index (χ2n) is 6.18. The van der Waals surface area contributed by atoms with Crippen LogP contribution in [0.1, 0.15) is 19.8 Å². The van der Waals surface area contributed by atoms with Gasteiger partial charge in [0.05, 0.1) is 5.69 Å². The Kier molecular flexibility index (Phi) is 5.16. The molecule has 0 unspecified atom stereocenters. The monoisotopic (exact) mass is 359 g/mol. The normalized spacial score (nSPS) is 15.0. The van der Waals surface area contributed by atoms with E-state index in [2.05, 4.69) is 10.6 Å². The average Bonchev–Trinajstić information content (AvgIpc) is 3.04. The largest absolute Gasteiger partial charge is 0.374 e. The van der Waals surface area contributed by atoms with E-state index in [1.165, 1.54) is 6.07 Å². The summed E-state index contributed by atoms with van der Waals surface area (Å²) in [5.41, 5.74) is 1.44. The van der Waals surface area contributed by atoms with Crippen molar-refractivity contribution in [3.63, 3.8) is 0 Å². The summed E-state index contributed by atoms with van der Waals surface area (Å²) in [6, 6.07) is 9.52. The van der Waals surface area contributed by atoms with Gasteiger partial charge in [0.1, 0.15) is 17.7 Å². The van der Waals surface area contributed by atoms with E-state index in [-0.39, 0.29) is 11.6 Å². The van der Waals surface area contributed by atoms with Gasteiger partial charge in [0.15, 0.2) is 0 Å². The van der Waals surface area contributed by atoms with Gasteiger partial charge in [-0.15, -0.1) is 0 Å². The Labute approximate surface area is 150 Å². The Bertz CT molecular complexity index is 824. The zero-order valence-corrected chi connectivity index (χ0v) is 14.3. The Morgan fingerprint density at radius 1 is 1.15 bits per heavy atom. The zero-order valence-electron chi connectivity index (χ0n) is 14.3. The fourth-order valence-corrected chi connectivity index (χ4v) is 2.81. The van der Waals surface area contributed by atoms with Crippen LogP contribution in [0.25, 0.3) is 0 Å². The minimum absolute atomic E-state index is 0.0760. The first kappa shape index (κ1) is 17.8. The number of rotatable bonds is 5. The molecule has 2 aromatic rings. The van der Waals surface area contributed by atoms with E-state index in [1.54, 1.807) is 24.0 Å². The lowest BCUT2D eigenvalue weighted by Gasteiger charge is -2.18. The summed E-state index contributed by atoms with van der Waals surface area (Å²) in [7, 11) is 0. The van der Waals surface area contributed by atoms with Crippen LogP contribution in [0.2, 0.25) is 0 Å². The lowest BCUT2D eigenvalue weighted by Crippen LogP contribution is -2.32. The third kappa shape index (κ3) is 3.99. The van der Waals surface area contributed by atoms with Gasteiger partial charge < -0.3 is 15.5 Å². The van der Waals surface area contributed by atoms with Gasteiger partial charge in [-0.25, -0.2) is 8.78 Å². The highest BCUT2D eigenvalue weighted by atomic mass is 19.1. The number of hydrogen-bond acceptors (Lipinski definition) is 3. The molecule has 0 bridgehead atoms. The standard InChI is InChI=1S/C19H19F2N3O2/c1-12(19(26)23-17-9-4-13(20)11-16(17)21)22-14-5-7-15(8-6-14)24-10-2-3-18(24)25/h4-9,11-12,22H,2-3,10H2,1H3,(H,23,26)/t12-/m0/s1. The van der Waals surface area contributed by atoms with Gasteiger partial charge in [-0.1, -0.05) is 0 Å². The molecule has 1 aliphatic rings. The third-order valence-corrected chi connectivity index (χ3v) is 4.22. The second kappa shape index (κ2) is 7.51. The summed E-state index contributed by atoms with van der Waals surface area (Å²) in [6.07, 6.45) is 1.42. The van der Waals surface area contributed by atoms with E-state index in [0.29, 0.717) is 24.7 Å². The van der Waals surface area contributed by atoms with Gasteiger partial charge in [-0.3, -0.25) is 9.59 Å². The van der Waals surface area contributed by atoms with Crippen LogP contribution in [-0.4, -0.2) is 24.4 Å². The molecular formula is C19H19F2N3O2. The van der Waals surface area contributed by atoms with E-state index in [9.17, 15) is 18.4 Å². The van der Waals surface area contributed by atoms with E-state index in [4.69, 9.17) is 0 Å². The Balaban J connectivity index is 1.61. The molecule has 7 heteroatoms. The zero-order chi connectivity index (χ0) is 18.7. The number of nitrogens with one attached hydrogen (secondary N) is 2. The predicted octanol–water partition coefficient (Wildman–Crippen LogP) is 3.53. The smallest absolute Gasteiger partial charge is 0.246 e. The van der Waals surface area contributed by atoms with Crippen molar-refractivity contribution >= 4 is 28.9 Å². The van der Waals surface area contributed by atoms with Crippen LogP contribution >= 0.6 is 0 Å². The maximum Gasteiger partial charge on any atom is 0.246 e. The molecule has 1 heterocycles. The number of anilines is 3. The van der Waals surface area contributed by atoms with Gasteiger partial charge in [0.2, 0.25) is 11.8 Å². The Morgan fingerprint density at radius 2 is 1.88 bits per heavy atom. The van der Waals surface area contributed by atoms with Crippen molar-refractivity contribution in [2.75, 3.05) is 22.1 Å². The van der Waals surface area contributed by atoms with Crippen molar-refractivity contribution in [2.45, 2.75) is 25.8 Å². The molecule has 2 amide bonds. The van der Waals surface area contributed by atoms with Crippen LogP contribution in [0.15, 0.2) is 42.5 Å². The molecule has 3 rings (SSSR count). The molecule has 26 heavy (non-hydrogen) atoms. The van der Waals surface area contributed by atoms with Crippen molar-refractivity contribution in [2.24, 2.45) is 0 Å². The lowest BCUT2D eigenvalue weighted by atomic mass is 10.2. The van der Waals surface area contributed by atoms with Crippen molar-refractivity contribution in [1.82, 2.24) is 0 Å². The van der Waals surface area contributed by atoms with Crippen molar-refractivity contribution < 1.29 is 18.4 Å². The van der Waals surface area contributed by atoms with E-state index in [0.717, 1.165) is 18.2 Å². The third-order valence-electron chi connectivity index (χ3n) is 4.22. The molecule has 0 saturated carbocycles. The summed E-state index contributed by atoms with van der Waals surface area (Å²) < 4.78 is 26.5. The van der Waals surface area contributed by atoms with Gasteiger partial charge >= 0.3 is 0 Å². The highest BCUT2D eigenvalue weighted by molar-refractivity contribution is 5.97. The minimum atomic E-state index is -0.829. The molecule has 0 aromatic heterocycles. The van der Waals surface area contributed by atoms with Gasteiger partial charge in [-0.2, -0.15) is 0 Å². The first-order chi connectivity index (χ1) is 12.4. The van der Waals surface area contributed by atoms with Gasteiger partial charge in [-0.05, 0) is 49.7 Å². The van der Waals surface area contributed by atoms with Crippen LogP contribution < -0.4 is 15.5 Å². The van der Waals surface area contributed by atoms with E-state index in [1.807, 2.05) is 12.1 Å². The molecule has 5 nitrogen and oxygen atoms in total. The maximum absolute atomic E-state index is 13.6. The molecule has 1 aliphatic heterocycles. The molecule has 0 radical (unpaired) electrons. The van der Waals surface area contributed by atoms with Crippen LogP contribution in [0.4, 0.5) is 25.8 Å².